The lowest BCUT2D eigenvalue weighted by Crippen LogP contribution is -2.34. The van der Waals surface area contributed by atoms with Crippen LogP contribution in [-0.4, -0.2) is 34.7 Å². The van der Waals surface area contributed by atoms with Gasteiger partial charge < -0.3 is 19.5 Å². The number of aromatic nitrogens is 2. The minimum atomic E-state index is -0.222. The average molecular weight is 364 g/mol. The summed E-state index contributed by atoms with van der Waals surface area (Å²) in [4.78, 5) is 18.9. The number of benzene rings is 2. The molecule has 4 rings (SSSR count). The van der Waals surface area contributed by atoms with Gasteiger partial charge in [0.1, 0.15) is 11.8 Å². The van der Waals surface area contributed by atoms with Crippen LogP contribution < -0.4 is 10.1 Å². The van der Waals surface area contributed by atoms with E-state index in [0.29, 0.717) is 18.3 Å². The largest absolute Gasteiger partial charge is 0.497 e. The quantitative estimate of drug-likeness (QED) is 0.753. The molecule has 0 radical (unpaired) electrons. The first kappa shape index (κ1) is 17.1. The lowest BCUT2D eigenvalue weighted by atomic mass is 10.2. The van der Waals surface area contributed by atoms with E-state index in [0.717, 1.165) is 29.8 Å². The van der Waals surface area contributed by atoms with Crippen molar-refractivity contribution in [3.63, 3.8) is 0 Å². The predicted octanol–water partition coefficient (Wildman–Crippen LogP) is 4.11. The normalized spacial score (nSPS) is 16.3. The third-order valence-electron chi connectivity index (χ3n) is 4.59. The molecule has 1 aromatic heterocycles. The molecule has 7 nitrogen and oxygen atoms in total. The molecule has 1 aliphatic heterocycles. The number of ether oxygens (including phenoxy) is 1. The van der Waals surface area contributed by atoms with Crippen LogP contribution in [0.25, 0.3) is 11.4 Å². The monoisotopic (exact) mass is 364 g/mol. The highest BCUT2D eigenvalue weighted by Gasteiger charge is 2.34. The van der Waals surface area contributed by atoms with Crippen LogP contribution in [0.15, 0.2) is 59.1 Å². The first-order valence-electron chi connectivity index (χ1n) is 8.85. The van der Waals surface area contributed by atoms with E-state index in [1.165, 1.54) is 0 Å². The van der Waals surface area contributed by atoms with Crippen molar-refractivity contribution >= 4 is 11.7 Å². The van der Waals surface area contributed by atoms with Gasteiger partial charge >= 0.3 is 6.03 Å². The Kier molecular flexibility index (Phi) is 4.74. The highest BCUT2D eigenvalue weighted by molar-refractivity contribution is 5.89. The van der Waals surface area contributed by atoms with Gasteiger partial charge in [-0.05, 0) is 37.1 Å². The van der Waals surface area contributed by atoms with Crippen molar-refractivity contribution in [1.29, 1.82) is 0 Å². The number of nitrogens with zero attached hydrogens (tertiary/aromatic N) is 3. The summed E-state index contributed by atoms with van der Waals surface area (Å²) < 4.78 is 10.7. The summed E-state index contributed by atoms with van der Waals surface area (Å²) in [5.41, 5.74) is 1.57. The number of urea groups is 1. The number of anilines is 1. The number of nitrogens with one attached hydrogen (secondary N) is 1. The van der Waals surface area contributed by atoms with Gasteiger partial charge in [0.15, 0.2) is 0 Å². The molecule has 1 fully saturated rings. The number of likely N-dealkylation sites (tertiary alicyclic amines) is 1. The maximum absolute atomic E-state index is 12.7. The van der Waals surface area contributed by atoms with E-state index in [9.17, 15) is 4.79 Å². The Balaban J connectivity index is 1.52. The molecular weight excluding hydrogens is 344 g/mol. The summed E-state index contributed by atoms with van der Waals surface area (Å²) in [5, 5.41) is 7.00. The summed E-state index contributed by atoms with van der Waals surface area (Å²) in [7, 11) is 1.61. The molecule has 2 aromatic carbocycles. The number of hydrogen-bond acceptors (Lipinski definition) is 5. The molecule has 1 N–H and O–H groups in total. The van der Waals surface area contributed by atoms with Crippen LogP contribution in [0.2, 0.25) is 0 Å². The molecular formula is C20H20N4O3. The third kappa shape index (κ3) is 3.62. The van der Waals surface area contributed by atoms with Crippen molar-refractivity contribution in [3.8, 4) is 17.1 Å². The minimum absolute atomic E-state index is 0.162. The summed E-state index contributed by atoms with van der Waals surface area (Å²) in [6.07, 6.45) is 1.69. The molecule has 1 unspecified atom stereocenters. The molecule has 27 heavy (non-hydrogen) atoms. The second-order valence-corrected chi connectivity index (χ2v) is 6.34. The average Bonchev–Trinajstić information content (AvgIpc) is 3.38. The molecule has 138 valence electrons. The van der Waals surface area contributed by atoms with E-state index in [4.69, 9.17) is 9.26 Å². The summed E-state index contributed by atoms with van der Waals surface area (Å²) in [5.74, 6) is 1.66. The Bertz CT molecular complexity index is 926. The fourth-order valence-corrected chi connectivity index (χ4v) is 3.23. The van der Waals surface area contributed by atoms with Crippen molar-refractivity contribution < 1.29 is 14.1 Å². The van der Waals surface area contributed by atoms with Gasteiger partial charge in [-0.3, -0.25) is 0 Å². The Morgan fingerprint density at radius 2 is 2.07 bits per heavy atom. The fourth-order valence-electron chi connectivity index (χ4n) is 3.23. The van der Waals surface area contributed by atoms with Gasteiger partial charge in [-0.2, -0.15) is 4.98 Å². The number of carbonyl (C=O) groups is 1. The van der Waals surface area contributed by atoms with Crippen LogP contribution >= 0.6 is 0 Å². The van der Waals surface area contributed by atoms with E-state index < -0.39 is 0 Å². The van der Waals surface area contributed by atoms with Gasteiger partial charge in [0.25, 0.3) is 0 Å². The first-order valence-corrected chi connectivity index (χ1v) is 8.85. The van der Waals surface area contributed by atoms with Gasteiger partial charge in [0, 0.05) is 17.8 Å². The Morgan fingerprint density at radius 3 is 2.89 bits per heavy atom. The lowest BCUT2D eigenvalue weighted by molar-refractivity contribution is 0.193. The van der Waals surface area contributed by atoms with Crippen molar-refractivity contribution in [2.24, 2.45) is 0 Å². The highest BCUT2D eigenvalue weighted by atomic mass is 16.5. The van der Waals surface area contributed by atoms with Crippen LogP contribution in [0.5, 0.6) is 5.75 Å². The minimum Gasteiger partial charge on any atom is -0.497 e. The van der Waals surface area contributed by atoms with Crippen molar-refractivity contribution in [1.82, 2.24) is 15.0 Å². The maximum Gasteiger partial charge on any atom is 0.322 e. The number of para-hydroxylation sites is 1. The molecule has 1 atom stereocenters. The van der Waals surface area contributed by atoms with Crippen molar-refractivity contribution in [2.45, 2.75) is 18.9 Å². The number of hydrogen-bond donors (Lipinski definition) is 1. The van der Waals surface area contributed by atoms with E-state index in [-0.39, 0.29) is 12.1 Å². The van der Waals surface area contributed by atoms with E-state index in [1.807, 2.05) is 54.6 Å². The SMILES string of the molecule is COc1cccc(-c2noc(C3CCCN3C(=O)Nc3ccccc3)n2)c1. The maximum atomic E-state index is 12.7. The van der Waals surface area contributed by atoms with Gasteiger partial charge in [0.05, 0.1) is 7.11 Å². The zero-order valence-electron chi connectivity index (χ0n) is 15.0. The van der Waals surface area contributed by atoms with Gasteiger partial charge in [-0.1, -0.05) is 35.5 Å². The second kappa shape index (κ2) is 7.49. The topological polar surface area (TPSA) is 80.5 Å². The Morgan fingerprint density at radius 1 is 1.22 bits per heavy atom. The number of rotatable bonds is 4. The molecule has 2 amide bonds. The molecule has 1 saturated heterocycles. The van der Waals surface area contributed by atoms with Crippen LogP contribution in [-0.2, 0) is 0 Å². The van der Waals surface area contributed by atoms with E-state index in [1.54, 1.807) is 12.0 Å². The number of carbonyl (C=O) groups excluding carboxylic acids is 1. The van der Waals surface area contributed by atoms with Gasteiger partial charge in [-0.15, -0.1) is 0 Å². The fraction of sp³-hybridized carbons (Fsp3) is 0.250. The number of methoxy groups -OCH3 is 1. The molecule has 7 heteroatoms. The Hall–Kier alpha value is -3.35. The summed E-state index contributed by atoms with van der Waals surface area (Å²) in [6, 6.07) is 16.5. The van der Waals surface area contributed by atoms with Gasteiger partial charge in [-0.25, -0.2) is 4.79 Å². The molecule has 0 aliphatic carbocycles. The second-order valence-electron chi connectivity index (χ2n) is 6.34. The van der Waals surface area contributed by atoms with E-state index in [2.05, 4.69) is 15.5 Å². The van der Waals surface area contributed by atoms with Crippen LogP contribution in [0.4, 0.5) is 10.5 Å². The summed E-state index contributed by atoms with van der Waals surface area (Å²) >= 11 is 0. The highest BCUT2D eigenvalue weighted by Crippen LogP contribution is 2.33. The molecule has 0 saturated carbocycles. The lowest BCUT2D eigenvalue weighted by Gasteiger charge is -2.22. The summed E-state index contributed by atoms with van der Waals surface area (Å²) in [6.45, 7) is 0.653. The molecule has 1 aliphatic rings. The van der Waals surface area contributed by atoms with Crippen LogP contribution in [0.3, 0.4) is 0 Å². The molecule has 0 spiro atoms. The van der Waals surface area contributed by atoms with E-state index >= 15 is 0 Å². The molecule has 0 bridgehead atoms. The van der Waals surface area contributed by atoms with Gasteiger partial charge in [0.2, 0.25) is 11.7 Å². The zero-order valence-corrected chi connectivity index (χ0v) is 15.0. The zero-order chi connectivity index (χ0) is 18.6. The number of amides is 2. The van der Waals surface area contributed by atoms with Crippen LogP contribution in [0, 0.1) is 0 Å². The third-order valence-corrected chi connectivity index (χ3v) is 4.59. The van der Waals surface area contributed by atoms with Crippen molar-refractivity contribution in [2.75, 3.05) is 19.0 Å². The van der Waals surface area contributed by atoms with Crippen LogP contribution in [0.1, 0.15) is 24.8 Å². The van der Waals surface area contributed by atoms with Crippen molar-refractivity contribution in [3.05, 3.63) is 60.5 Å². The molecule has 2 heterocycles. The standard InChI is InChI=1S/C20H20N4O3/c1-26-16-10-5-7-14(13-16)18-22-19(27-23-18)17-11-6-12-24(17)20(25)21-15-8-3-2-4-9-15/h2-5,7-10,13,17H,6,11-12H2,1H3,(H,21,25). The Labute approximate surface area is 156 Å². The first-order chi connectivity index (χ1) is 13.2. The predicted molar refractivity (Wildman–Crippen MR) is 100 cm³/mol. The molecule has 3 aromatic rings. The smallest absolute Gasteiger partial charge is 0.322 e.